The lowest BCUT2D eigenvalue weighted by Crippen LogP contribution is -2.64. The number of carbonyl (C=O) groups excluding carboxylic acids is 3. The summed E-state index contributed by atoms with van der Waals surface area (Å²) < 4.78 is 113. The van der Waals surface area contributed by atoms with E-state index in [0.29, 0.717) is 17.4 Å². The highest BCUT2D eigenvalue weighted by Gasteiger charge is 2.49. The zero-order valence-corrected chi connectivity index (χ0v) is 32.8. The van der Waals surface area contributed by atoms with Crippen LogP contribution in [0.5, 0.6) is 5.88 Å². The number of thiazole rings is 1. The number of piperazine rings is 1. The zero-order valence-electron chi connectivity index (χ0n) is 37.3. The summed E-state index contributed by atoms with van der Waals surface area (Å²) in [7, 11) is 0. The smallest absolute Gasteiger partial charge is 0.413 e. The third-order valence-corrected chi connectivity index (χ3v) is 10.5. The average Bonchev–Trinajstić information content (AvgIpc) is 3.53. The van der Waals surface area contributed by atoms with Crippen LogP contribution in [0.25, 0.3) is 32.2 Å². The average molecular weight is 822 g/mol. The molecule has 0 aliphatic carbocycles. The Labute approximate surface area is 338 Å². The first-order valence-corrected chi connectivity index (χ1v) is 18.6. The predicted octanol–water partition coefficient (Wildman–Crippen LogP) is 7.60. The number of hydrogen-bond donors (Lipinski definition) is 1. The quantitative estimate of drug-likeness (QED) is 0.204. The van der Waals surface area contributed by atoms with Crippen LogP contribution in [0.4, 0.5) is 39.3 Å². The number of ether oxygens (including phenoxy) is 3. The molecule has 4 aromatic rings. The van der Waals surface area contributed by atoms with E-state index in [-0.39, 0.29) is 73.2 Å². The minimum atomic E-state index is -3.13. The molecule has 56 heavy (non-hydrogen) atoms. The third-order valence-electron chi connectivity index (χ3n) is 9.20. The highest BCUT2D eigenvalue weighted by molar-refractivity contribution is 7.22. The fourth-order valence-corrected chi connectivity index (χ4v) is 8.32. The summed E-state index contributed by atoms with van der Waals surface area (Å²) >= 11 is 7.52. The molecule has 3 aliphatic rings. The summed E-state index contributed by atoms with van der Waals surface area (Å²) in [6, 6.07) is 0.279. The van der Waals surface area contributed by atoms with Crippen LogP contribution in [0, 0.1) is 17.5 Å². The van der Waals surface area contributed by atoms with Crippen LogP contribution in [-0.2, 0) is 14.3 Å². The van der Waals surface area contributed by atoms with E-state index >= 15 is 13.2 Å². The Hall–Kier alpha value is -4.83. The number of halogens is 4. The Morgan fingerprint density at radius 3 is 2.41 bits per heavy atom. The molecule has 3 aliphatic heterocycles. The Morgan fingerprint density at radius 2 is 1.75 bits per heavy atom. The largest absolute Gasteiger partial charge is 0.470 e. The van der Waals surface area contributed by atoms with E-state index in [2.05, 4.69) is 15.3 Å². The van der Waals surface area contributed by atoms with Gasteiger partial charge in [-0.2, -0.15) is 0 Å². The molecule has 0 radical (unpaired) electrons. The molecule has 2 aromatic carbocycles. The van der Waals surface area contributed by atoms with Crippen molar-refractivity contribution >= 4 is 78.7 Å². The number of hydrogen-bond acceptors (Lipinski definition) is 12. The van der Waals surface area contributed by atoms with Gasteiger partial charge in [0.15, 0.2) is 10.9 Å². The molecule has 13 nitrogen and oxygen atoms in total. The van der Waals surface area contributed by atoms with Gasteiger partial charge in [0.1, 0.15) is 51.8 Å². The molecule has 1 saturated heterocycles. The molecule has 7 rings (SSSR count). The molecule has 0 saturated carbocycles. The normalized spacial score (nSPS) is 21.5. The van der Waals surface area contributed by atoms with Crippen LogP contribution >= 0.6 is 22.9 Å². The van der Waals surface area contributed by atoms with Gasteiger partial charge in [-0.1, -0.05) is 22.9 Å². The predicted molar refractivity (Wildman–Crippen MR) is 208 cm³/mol. The van der Waals surface area contributed by atoms with Crippen molar-refractivity contribution < 1.29 is 50.0 Å². The lowest BCUT2D eigenvalue weighted by Gasteiger charge is -2.53. The van der Waals surface area contributed by atoms with Crippen molar-refractivity contribution in [2.45, 2.75) is 77.9 Å². The van der Waals surface area contributed by atoms with Crippen LogP contribution in [-0.4, -0.2) is 107 Å². The van der Waals surface area contributed by atoms with Gasteiger partial charge in [0, 0.05) is 49.9 Å². The lowest BCUT2D eigenvalue weighted by molar-refractivity contribution is 0.0133. The second-order valence-electron chi connectivity index (χ2n) is 15.7. The Bertz CT molecular complexity index is 2570. The monoisotopic (exact) mass is 821 g/mol. The maximum atomic E-state index is 17.5. The number of fused-ring (bicyclic) bond motifs is 5. The van der Waals surface area contributed by atoms with Gasteiger partial charge >= 0.3 is 12.2 Å². The van der Waals surface area contributed by atoms with Crippen molar-refractivity contribution in [1.29, 1.82) is 0 Å². The van der Waals surface area contributed by atoms with E-state index in [1.807, 2.05) is 5.94 Å². The molecule has 1 N–H and O–H groups in total. The maximum Gasteiger partial charge on any atom is 0.413 e. The minimum Gasteiger partial charge on any atom is -0.470 e. The number of aromatic nitrogens is 2. The molecule has 2 aromatic heterocycles. The van der Waals surface area contributed by atoms with Crippen LogP contribution in [0.2, 0.25) is 5.02 Å². The van der Waals surface area contributed by atoms with Crippen LogP contribution in [0.1, 0.15) is 56.7 Å². The van der Waals surface area contributed by atoms with Crippen LogP contribution in [0.3, 0.4) is 0 Å². The molecule has 0 spiro atoms. The SMILES string of the molecule is [2H]C([2H])([2H])N(C[C@@H]1CN2C(=C=O)[C@H]3CN(C(=O)OC(C)(C)C)[C@H](C)CN3c3c2c(nc2c(F)c(-c4c(F)cc(F)c5sc(NC(=O)OC(C)(C)C)nc45)c(Cl)cc32)O1)C([2H])([2H])[2H]. The van der Waals surface area contributed by atoms with Crippen molar-refractivity contribution in [2.24, 2.45) is 0 Å². The van der Waals surface area contributed by atoms with Crippen molar-refractivity contribution in [3.05, 3.63) is 40.3 Å². The highest BCUT2D eigenvalue weighted by Crippen LogP contribution is 2.54. The number of likely N-dealkylation sites (N-methyl/N-ethyl adjacent to an activating group) is 1. The number of carbonyl (C=O) groups is 2. The minimum absolute atomic E-state index is 0.0320. The Kier molecular flexibility index (Phi) is 8.05. The van der Waals surface area contributed by atoms with Crippen molar-refractivity contribution in [3.8, 4) is 17.0 Å². The number of anilines is 3. The number of benzene rings is 2. The molecule has 2 amide bonds. The number of nitrogens with zero attached hydrogens (tertiary/aromatic N) is 6. The second kappa shape index (κ2) is 14.0. The summed E-state index contributed by atoms with van der Waals surface area (Å²) in [5, 5.41) is 1.87. The fourth-order valence-electron chi connectivity index (χ4n) is 7.16. The topological polar surface area (TPSA) is 130 Å². The fraction of sp³-hybridized carbons (Fsp3) is 0.474. The number of pyridine rings is 1. The van der Waals surface area contributed by atoms with Crippen LogP contribution < -0.4 is 19.9 Å². The number of nitrogens with one attached hydrogen (secondary N) is 1. The molecular formula is C38H41ClF3N7O6S. The second-order valence-corrected chi connectivity index (χ2v) is 17.1. The van der Waals surface area contributed by atoms with Crippen LogP contribution in [0.15, 0.2) is 17.8 Å². The first-order valence-electron chi connectivity index (χ1n) is 20.5. The Balaban J connectivity index is 1.44. The van der Waals surface area contributed by atoms with E-state index in [1.54, 1.807) is 53.4 Å². The molecular weight excluding hydrogens is 775 g/mol. The maximum absolute atomic E-state index is 17.5. The van der Waals surface area contributed by atoms with Gasteiger partial charge in [0.25, 0.3) is 0 Å². The van der Waals surface area contributed by atoms with Crippen molar-refractivity contribution in [3.63, 3.8) is 0 Å². The van der Waals surface area contributed by atoms with Gasteiger partial charge in [-0.05, 0) is 68.5 Å². The standard InChI is InChI=1S/C38H41ClF3N7O6S/c1-17-12-48-23(15-47(17)36(52)55-38(5,6)7)24(16-50)49-14-18(13-46(8)9)53-33-31(49)30(48)19-10-20(39)25(27(42)28(19)43-33)26-21(40)11-22(41)32-29(26)44-34(56-32)45-35(51)54-37(2,3)4/h10-11,17-18,23H,12-15H2,1-9H3,(H,44,45,51)/t17-,18-,23-/m1/s1/i8D3,9D3. The third kappa shape index (κ3) is 7.05. The highest BCUT2D eigenvalue weighted by atomic mass is 35.5. The van der Waals surface area contributed by atoms with E-state index in [1.165, 1.54) is 15.9 Å². The van der Waals surface area contributed by atoms with Gasteiger partial charge in [-0.3, -0.25) is 5.32 Å². The molecule has 1 fully saturated rings. The first kappa shape index (κ1) is 32.3. The molecule has 18 heteroatoms. The van der Waals surface area contributed by atoms with E-state index in [0.717, 1.165) is 0 Å². The molecule has 3 atom stereocenters. The van der Waals surface area contributed by atoms with Gasteiger partial charge in [-0.15, -0.1) is 0 Å². The van der Waals surface area contributed by atoms with E-state index < -0.39 is 96.2 Å². The molecule has 0 unspecified atom stereocenters. The lowest BCUT2D eigenvalue weighted by atomic mass is 9.94. The Morgan fingerprint density at radius 1 is 1.04 bits per heavy atom. The van der Waals surface area contributed by atoms with E-state index in [9.17, 15) is 14.4 Å². The van der Waals surface area contributed by atoms with Crippen molar-refractivity contribution in [1.82, 2.24) is 19.8 Å². The molecule has 5 heterocycles. The molecule has 0 bridgehead atoms. The van der Waals surface area contributed by atoms with Gasteiger partial charge in [0.05, 0.1) is 40.1 Å². The molecule has 298 valence electrons. The van der Waals surface area contributed by atoms with Gasteiger partial charge in [0.2, 0.25) is 5.88 Å². The summed E-state index contributed by atoms with van der Waals surface area (Å²) in [5.41, 5.74) is -3.48. The number of rotatable bonds is 4. The summed E-state index contributed by atoms with van der Waals surface area (Å²) in [5.74, 6) is -1.92. The summed E-state index contributed by atoms with van der Waals surface area (Å²) in [6.45, 7) is 4.27. The summed E-state index contributed by atoms with van der Waals surface area (Å²) in [4.78, 5) is 52.7. The summed E-state index contributed by atoms with van der Waals surface area (Å²) in [6.07, 6.45) is -2.93. The van der Waals surface area contributed by atoms with Gasteiger partial charge in [-0.25, -0.2) is 37.5 Å². The van der Waals surface area contributed by atoms with E-state index in [4.69, 9.17) is 34.0 Å². The number of amides is 2. The first-order chi connectivity index (χ1) is 28.6. The van der Waals surface area contributed by atoms with Gasteiger partial charge < -0.3 is 33.8 Å². The zero-order chi connectivity index (χ0) is 45.8. The van der Waals surface area contributed by atoms with Crippen molar-refractivity contribution in [2.75, 3.05) is 55.2 Å².